The van der Waals surface area contributed by atoms with Gasteiger partial charge in [-0.15, -0.1) is 0 Å². The molecule has 0 aliphatic heterocycles. The summed E-state index contributed by atoms with van der Waals surface area (Å²) in [5.41, 5.74) is 6.11. The van der Waals surface area contributed by atoms with Gasteiger partial charge in [-0.05, 0) is 67.5 Å². The zero-order valence-electron chi connectivity index (χ0n) is 13.1. The number of nitrogens with one attached hydrogen (secondary N) is 1. The molecule has 2 aliphatic rings. The Morgan fingerprint density at radius 2 is 2.04 bits per heavy atom. The number of nitrogens with zero attached hydrogens (tertiary/aromatic N) is 3. The minimum Gasteiger partial charge on any atom is -0.307 e. The highest BCUT2D eigenvalue weighted by Crippen LogP contribution is 2.27. The Morgan fingerprint density at radius 1 is 1.13 bits per heavy atom. The van der Waals surface area contributed by atoms with E-state index in [2.05, 4.69) is 33.1 Å². The highest BCUT2D eigenvalue weighted by molar-refractivity contribution is 5.74. The smallest absolute Gasteiger partial charge is 0.164 e. The van der Waals surface area contributed by atoms with E-state index in [-0.39, 0.29) is 0 Å². The highest BCUT2D eigenvalue weighted by atomic mass is 15.2. The molecule has 2 aliphatic carbocycles. The molecule has 0 spiro atoms. The topological polar surface area (TPSA) is 42.7 Å². The SMILES string of the molecule is c1cnc2c(c1)nc(CNC1CC1)n2-c1ccc2c(c1)CCC2. The number of hydrogen-bond donors (Lipinski definition) is 1. The first-order valence-corrected chi connectivity index (χ1v) is 8.56. The molecule has 116 valence electrons. The number of pyridine rings is 1. The molecule has 5 rings (SSSR count). The van der Waals surface area contributed by atoms with Gasteiger partial charge in [-0.1, -0.05) is 6.07 Å². The van der Waals surface area contributed by atoms with Crippen molar-refractivity contribution in [3.63, 3.8) is 0 Å². The van der Waals surface area contributed by atoms with Crippen molar-refractivity contribution in [2.75, 3.05) is 0 Å². The van der Waals surface area contributed by atoms with E-state index in [1.807, 2.05) is 18.3 Å². The fraction of sp³-hybridized carbons (Fsp3) is 0.368. The van der Waals surface area contributed by atoms with E-state index < -0.39 is 0 Å². The molecule has 2 heterocycles. The Labute approximate surface area is 135 Å². The normalized spacial score (nSPS) is 16.9. The van der Waals surface area contributed by atoms with Crippen molar-refractivity contribution in [1.82, 2.24) is 19.9 Å². The van der Waals surface area contributed by atoms with Gasteiger partial charge >= 0.3 is 0 Å². The summed E-state index contributed by atoms with van der Waals surface area (Å²) < 4.78 is 2.23. The number of hydrogen-bond acceptors (Lipinski definition) is 3. The molecule has 0 saturated heterocycles. The fourth-order valence-electron chi connectivity index (χ4n) is 3.57. The third kappa shape index (κ3) is 2.34. The van der Waals surface area contributed by atoms with E-state index in [0.29, 0.717) is 6.04 Å². The molecule has 23 heavy (non-hydrogen) atoms. The Hall–Kier alpha value is -2.20. The third-order valence-electron chi connectivity index (χ3n) is 4.95. The number of rotatable bonds is 4. The van der Waals surface area contributed by atoms with Crippen molar-refractivity contribution < 1.29 is 0 Å². The third-order valence-corrected chi connectivity index (χ3v) is 4.95. The Morgan fingerprint density at radius 3 is 2.96 bits per heavy atom. The minimum absolute atomic E-state index is 0.677. The Kier molecular flexibility index (Phi) is 2.98. The van der Waals surface area contributed by atoms with Crippen LogP contribution in [0.25, 0.3) is 16.9 Å². The van der Waals surface area contributed by atoms with Gasteiger partial charge in [-0.2, -0.15) is 0 Å². The molecular weight excluding hydrogens is 284 g/mol. The molecule has 1 aromatic carbocycles. The minimum atomic E-state index is 0.677. The molecule has 1 fully saturated rings. The molecular formula is C19H20N4. The zero-order valence-corrected chi connectivity index (χ0v) is 13.1. The van der Waals surface area contributed by atoms with Crippen LogP contribution in [-0.4, -0.2) is 20.6 Å². The van der Waals surface area contributed by atoms with Gasteiger partial charge in [0.15, 0.2) is 5.65 Å². The van der Waals surface area contributed by atoms with Gasteiger partial charge in [0.05, 0.1) is 6.54 Å². The summed E-state index contributed by atoms with van der Waals surface area (Å²) in [5.74, 6) is 1.06. The van der Waals surface area contributed by atoms with Crippen molar-refractivity contribution >= 4 is 11.2 Å². The van der Waals surface area contributed by atoms with Crippen LogP contribution >= 0.6 is 0 Å². The van der Waals surface area contributed by atoms with Crippen molar-refractivity contribution in [3.05, 3.63) is 53.5 Å². The molecule has 1 N–H and O–H groups in total. The van der Waals surface area contributed by atoms with Gasteiger partial charge in [0.2, 0.25) is 0 Å². The molecule has 2 aromatic heterocycles. The van der Waals surface area contributed by atoms with Crippen LogP contribution in [0.1, 0.15) is 36.2 Å². The monoisotopic (exact) mass is 304 g/mol. The first kappa shape index (κ1) is 13.3. The molecule has 0 bridgehead atoms. The van der Waals surface area contributed by atoms with Crippen LogP contribution in [0.3, 0.4) is 0 Å². The van der Waals surface area contributed by atoms with Crippen LogP contribution in [0.15, 0.2) is 36.5 Å². The Bertz CT molecular complexity index is 876. The first-order valence-electron chi connectivity index (χ1n) is 8.56. The summed E-state index contributed by atoms with van der Waals surface area (Å²) in [5, 5.41) is 3.59. The Balaban J connectivity index is 1.64. The lowest BCUT2D eigenvalue weighted by atomic mass is 10.1. The molecule has 4 nitrogen and oxygen atoms in total. The van der Waals surface area contributed by atoms with Crippen molar-refractivity contribution in [2.24, 2.45) is 0 Å². The summed E-state index contributed by atoms with van der Waals surface area (Å²) in [6, 6.07) is 11.5. The van der Waals surface area contributed by atoms with Crippen molar-refractivity contribution in [2.45, 2.75) is 44.7 Å². The van der Waals surface area contributed by atoms with Crippen LogP contribution in [-0.2, 0) is 19.4 Å². The quantitative estimate of drug-likeness (QED) is 0.805. The van der Waals surface area contributed by atoms with Crippen LogP contribution in [0.4, 0.5) is 0 Å². The largest absolute Gasteiger partial charge is 0.307 e. The second kappa shape index (κ2) is 5.17. The molecule has 4 heteroatoms. The van der Waals surface area contributed by atoms with Crippen LogP contribution in [0.2, 0.25) is 0 Å². The zero-order chi connectivity index (χ0) is 15.2. The summed E-state index contributed by atoms with van der Waals surface area (Å²) in [4.78, 5) is 9.41. The summed E-state index contributed by atoms with van der Waals surface area (Å²) >= 11 is 0. The molecule has 0 unspecified atom stereocenters. The van der Waals surface area contributed by atoms with E-state index in [9.17, 15) is 0 Å². The number of aryl methyl sites for hydroxylation is 2. The maximum Gasteiger partial charge on any atom is 0.164 e. The number of benzene rings is 1. The van der Waals surface area contributed by atoms with E-state index >= 15 is 0 Å². The first-order chi connectivity index (χ1) is 11.4. The molecule has 0 radical (unpaired) electrons. The van der Waals surface area contributed by atoms with E-state index in [4.69, 9.17) is 4.98 Å². The molecule has 1 saturated carbocycles. The maximum absolute atomic E-state index is 4.82. The lowest BCUT2D eigenvalue weighted by Gasteiger charge is -2.11. The van der Waals surface area contributed by atoms with Gasteiger partial charge in [0.25, 0.3) is 0 Å². The van der Waals surface area contributed by atoms with E-state index in [0.717, 1.165) is 23.5 Å². The summed E-state index contributed by atoms with van der Waals surface area (Å²) in [6.45, 7) is 0.804. The van der Waals surface area contributed by atoms with Gasteiger partial charge in [-0.3, -0.25) is 4.57 Å². The average molecular weight is 304 g/mol. The summed E-state index contributed by atoms with van der Waals surface area (Å²) in [7, 11) is 0. The lowest BCUT2D eigenvalue weighted by molar-refractivity contribution is 0.652. The highest BCUT2D eigenvalue weighted by Gasteiger charge is 2.22. The second-order valence-corrected chi connectivity index (χ2v) is 6.67. The second-order valence-electron chi connectivity index (χ2n) is 6.67. The van der Waals surface area contributed by atoms with Gasteiger partial charge in [-0.25, -0.2) is 9.97 Å². The lowest BCUT2D eigenvalue weighted by Crippen LogP contribution is -2.18. The van der Waals surface area contributed by atoms with Crippen molar-refractivity contribution in [3.8, 4) is 5.69 Å². The average Bonchev–Trinajstić information content (AvgIpc) is 3.16. The van der Waals surface area contributed by atoms with Gasteiger partial charge in [0, 0.05) is 17.9 Å². The van der Waals surface area contributed by atoms with Crippen molar-refractivity contribution in [1.29, 1.82) is 0 Å². The predicted molar refractivity (Wildman–Crippen MR) is 90.8 cm³/mol. The van der Waals surface area contributed by atoms with Gasteiger partial charge in [0.1, 0.15) is 11.3 Å². The number of fused-ring (bicyclic) bond motifs is 2. The molecule has 0 amide bonds. The van der Waals surface area contributed by atoms with Crippen LogP contribution in [0.5, 0.6) is 0 Å². The predicted octanol–water partition coefficient (Wildman–Crippen LogP) is 3.16. The molecule has 0 atom stereocenters. The van der Waals surface area contributed by atoms with E-state index in [1.165, 1.54) is 48.9 Å². The molecule has 3 aromatic rings. The fourth-order valence-corrected chi connectivity index (χ4v) is 3.57. The number of aromatic nitrogens is 3. The van der Waals surface area contributed by atoms with E-state index in [1.54, 1.807) is 0 Å². The van der Waals surface area contributed by atoms with Crippen LogP contribution in [0, 0.1) is 0 Å². The summed E-state index contributed by atoms with van der Waals surface area (Å²) in [6.07, 6.45) is 8.12. The van der Waals surface area contributed by atoms with Gasteiger partial charge < -0.3 is 5.32 Å². The number of imidazole rings is 1. The standard InChI is InChI=1S/C19H20N4/c1-3-13-6-9-16(11-14(13)4-1)23-18(12-21-15-7-8-15)22-17-5-2-10-20-19(17)23/h2,5-6,9-11,15,21H,1,3-4,7-8,12H2. The maximum atomic E-state index is 4.82. The van der Waals surface area contributed by atoms with Crippen LogP contribution < -0.4 is 5.32 Å².